The lowest BCUT2D eigenvalue weighted by molar-refractivity contribution is 0.0963. The number of halogens is 2. The van der Waals surface area contributed by atoms with Crippen molar-refractivity contribution >= 4 is 23.2 Å². The molecule has 0 atom stereocenters. The Balaban J connectivity index is 2.09. The molecule has 0 fully saturated rings. The zero-order valence-corrected chi connectivity index (χ0v) is 12.6. The van der Waals surface area contributed by atoms with E-state index in [0.717, 1.165) is 16.8 Å². The number of nitrogens with one attached hydrogen (secondary N) is 2. The van der Waals surface area contributed by atoms with Gasteiger partial charge in [-0.15, -0.1) is 0 Å². The molecular weight excluding hydrogens is 291 g/mol. The van der Waals surface area contributed by atoms with Gasteiger partial charge in [0.25, 0.3) is 5.91 Å². The van der Waals surface area contributed by atoms with Crippen LogP contribution >= 0.6 is 11.6 Å². The van der Waals surface area contributed by atoms with Crippen LogP contribution in [0.5, 0.6) is 0 Å². The summed E-state index contributed by atoms with van der Waals surface area (Å²) in [5.41, 5.74) is 3.26. The highest BCUT2D eigenvalue weighted by Gasteiger charge is 2.06. The molecule has 2 aromatic rings. The minimum absolute atomic E-state index is 0.116. The lowest BCUT2D eigenvalue weighted by atomic mass is 10.1. The minimum Gasteiger partial charge on any atom is -0.381 e. The molecule has 0 saturated heterocycles. The number of rotatable bonds is 4. The normalized spacial score (nSPS) is 10.3. The summed E-state index contributed by atoms with van der Waals surface area (Å²) < 4.78 is 13.4. The summed E-state index contributed by atoms with van der Waals surface area (Å²) in [5.74, 6) is -0.549. The SMILES string of the molecule is CNC(=O)c1ccc(NCc2ccc(Cl)c(F)c2)c(C)c1. The van der Waals surface area contributed by atoms with Gasteiger partial charge in [0, 0.05) is 24.8 Å². The predicted molar refractivity (Wildman–Crippen MR) is 83.3 cm³/mol. The van der Waals surface area contributed by atoms with Crippen LogP contribution in [-0.2, 0) is 6.54 Å². The highest BCUT2D eigenvalue weighted by molar-refractivity contribution is 6.30. The molecule has 0 spiro atoms. The van der Waals surface area contributed by atoms with Gasteiger partial charge in [0.15, 0.2) is 0 Å². The van der Waals surface area contributed by atoms with Crippen LogP contribution in [0, 0.1) is 12.7 Å². The largest absolute Gasteiger partial charge is 0.381 e. The Labute approximate surface area is 128 Å². The quantitative estimate of drug-likeness (QED) is 0.903. The van der Waals surface area contributed by atoms with Gasteiger partial charge < -0.3 is 10.6 Å². The van der Waals surface area contributed by atoms with E-state index in [9.17, 15) is 9.18 Å². The van der Waals surface area contributed by atoms with Crippen molar-refractivity contribution in [3.8, 4) is 0 Å². The Hall–Kier alpha value is -2.07. The monoisotopic (exact) mass is 306 g/mol. The average molecular weight is 307 g/mol. The van der Waals surface area contributed by atoms with E-state index in [2.05, 4.69) is 10.6 Å². The van der Waals surface area contributed by atoms with E-state index in [1.54, 1.807) is 19.2 Å². The molecule has 0 aliphatic heterocycles. The Morgan fingerprint density at radius 2 is 2.00 bits per heavy atom. The van der Waals surface area contributed by atoms with Gasteiger partial charge in [-0.05, 0) is 48.4 Å². The number of anilines is 1. The van der Waals surface area contributed by atoms with Crippen molar-refractivity contribution in [2.24, 2.45) is 0 Å². The van der Waals surface area contributed by atoms with Gasteiger partial charge in [-0.3, -0.25) is 4.79 Å². The second-order valence-corrected chi connectivity index (χ2v) is 5.12. The fraction of sp³-hybridized carbons (Fsp3) is 0.188. The molecule has 0 aromatic heterocycles. The van der Waals surface area contributed by atoms with Crippen LogP contribution in [0.2, 0.25) is 5.02 Å². The van der Waals surface area contributed by atoms with Gasteiger partial charge in [-0.2, -0.15) is 0 Å². The number of carbonyl (C=O) groups is 1. The van der Waals surface area contributed by atoms with Gasteiger partial charge >= 0.3 is 0 Å². The number of hydrogen-bond acceptors (Lipinski definition) is 2. The smallest absolute Gasteiger partial charge is 0.251 e. The fourth-order valence-corrected chi connectivity index (χ4v) is 2.11. The summed E-state index contributed by atoms with van der Waals surface area (Å²) in [5, 5.41) is 5.92. The third-order valence-corrected chi connectivity index (χ3v) is 3.49. The summed E-state index contributed by atoms with van der Waals surface area (Å²) in [6, 6.07) is 10.1. The Bertz CT molecular complexity index is 673. The fourth-order valence-electron chi connectivity index (χ4n) is 1.99. The zero-order valence-electron chi connectivity index (χ0n) is 11.8. The van der Waals surface area contributed by atoms with Gasteiger partial charge in [0.2, 0.25) is 0 Å². The van der Waals surface area contributed by atoms with Gasteiger partial charge in [0.05, 0.1) is 5.02 Å². The van der Waals surface area contributed by atoms with E-state index >= 15 is 0 Å². The number of hydrogen-bond donors (Lipinski definition) is 2. The Morgan fingerprint density at radius 1 is 1.24 bits per heavy atom. The van der Waals surface area contributed by atoms with E-state index in [0.29, 0.717) is 12.1 Å². The summed E-state index contributed by atoms with van der Waals surface area (Å²) in [6.45, 7) is 2.39. The number of aryl methyl sites for hydroxylation is 1. The summed E-state index contributed by atoms with van der Waals surface area (Å²) >= 11 is 5.65. The molecule has 5 heteroatoms. The number of benzene rings is 2. The first-order chi connectivity index (χ1) is 10.0. The Morgan fingerprint density at radius 3 is 2.62 bits per heavy atom. The highest BCUT2D eigenvalue weighted by atomic mass is 35.5. The molecule has 3 nitrogen and oxygen atoms in total. The van der Waals surface area contributed by atoms with Gasteiger partial charge in [-0.25, -0.2) is 4.39 Å². The number of amides is 1. The lowest BCUT2D eigenvalue weighted by Crippen LogP contribution is -2.17. The van der Waals surface area contributed by atoms with Gasteiger partial charge in [-0.1, -0.05) is 17.7 Å². The van der Waals surface area contributed by atoms with Crippen molar-refractivity contribution in [1.82, 2.24) is 5.32 Å². The van der Waals surface area contributed by atoms with E-state index < -0.39 is 5.82 Å². The summed E-state index contributed by atoms with van der Waals surface area (Å²) in [7, 11) is 1.60. The molecule has 0 radical (unpaired) electrons. The van der Waals surface area contributed by atoms with Crippen LogP contribution in [0.15, 0.2) is 36.4 Å². The van der Waals surface area contributed by atoms with Crippen molar-refractivity contribution < 1.29 is 9.18 Å². The standard InChI is InChI=1S/C16H16ClFN2O/c1-10-7-12(16(21)19-2)4-6-15(10)20-9-11-3-5-13(17)14(18)8-11/h3-8,20H,9H2,1-2H3,(H,19,21). The van der Waals surface area contributed by atoms with Crippen LogP contribution in [0.1, 0.15) is 21.5 Å². The topological polar surface area (TPSA) is 41.1 Å². The maximum Gasteiger partial charge on any atom is 0.251 e. The average Bonchev–Trinajstić information content (AvgIpc) is 2.48. The van der Waals surface area contributed by atoms with Crippen LogP contribution in [0.4, 0.5) is 10.1 Å². The molecule has 0 heterocycles. The molecule has 2 rings (SSSR count). The first-order valence-corrected chi connectivity index (χ1v) is 6.89. The molecular formula is C16H16ClFN2O. The molecule has 21 heavy (non-hydrogen) atoms. The molecule has 110 valence electrons. The second-order valence-electron chi connectivity index (χ2n) is 4.71. The minimum atomic E-state index is -0.428. The third kappa shape index (κ3) is 3.73. The lowest BCUT2D eigenvalue weighted by Gasteiger charge is -2.11. The van der Waals surface area contributed by atoms with E-state index in [4.69, 9.17) is 11.6 Å². The van der Waals surface area contributed by atoms with Crippen LogP contribution in [0.25, 0.3) is 0 Å². The van der Waals surface area contributed by atoms with Gasteiger partial charge in [0.1, 0.15) is 5.82 Å². The molecule has 1 amide bonds. The summed E-state index contributed by atoms with van der Waals surface area (Å²) in [4.78, 5) is 11.5. The predicted octanol–water partition coefficient (Wildman–Crippen LogP) is 3.76. The van der Waals surface area contributed by atoms with Crippen molar-refractivity contribution in [2.45, 2.75) is 13.5 Å². The molecule has 2 N–H and O–H groups in total. The molecule has 0 aliphatic rings. The molecule has 0 bridgehead atoms. The van der Waals surface area contributed by atoms with Crippen molar-refractivity contribution in [1.29, 1.82) is 0 Å². The first-order valence-electron chi connectivity index (χ1n) is 6.52. The van der Waals surface area contributed by atoms with Crippen LogP contribution in [-0.4, -0.2) is 13.0 Å². The zero-order chi connectivity index (χ0) is 15.4. The van der Waals surface area contributed by atoms with E-state index in [1.807, 2.05) is 19.1 Å². The highest BCUT2D eigenvalue weighted by Crippen LogP contribution is 2.19. The second kappa shape index (κ2) is 6.59. The molecule has 0 aliphatic carbocycles. The van der Waals surface area contributed by atoms with Crippen LogP contribution < -0.4 is 10.6 Å². The molecule has 0 saturated carbocycles. The van der Waals surface area contributed by atoms with Crippen molar-refractivity contribution in [3.63, 3.8) is 0 Å². The number of carbonyl (C=O) groups excluding carboxylic acids is 1. The van der Waals surface area contributed by atoms with Crippen molar-refractivity contribution in [3.05, 3.63) is 63.9 Å². The van der Waals surface area contributed by atoms with Crippen LogP contribution in [0.3, 0.4) is 0 Å². The van der Waals surface area contributed by atoms with E-state index in [-0.39, 0.29) is 10.9 Å². The van der Waals surface area contributed by atoms with Crippen molar-refractivity contribution in [2.75, 3.05) is 12.4 Å². The van der Waals surface area contributed by atoms with E-state index in [1.165, 1.54) is 12.1 Å². The molecule has 0 unspecified atom stereocenters. The third-order valence-electron chi connectivity index (χ3n) is 3.18. The molecule has 2 aromatic carbocycles. The Kier molecular flexibility index (Phi) is 4.81. The summed E-state index contributed by atoms with van der Waals surface area (Å²) in [6.07, 6.45) is 0. The maximum atomic E-state index is 13.4. The first kappa shape index (κ1) is 15.3. The maximum absolute atomic E-state index is 13.4.